The van der Waals surface area contributed by atoms with Gasteiger partial charge in [0, 0.05) is 12.8 Å². The zero-order valence-corrected chi connectivity index (χ0v) is 8.64. The van der Waals surface area contributed by atoms with Crippen molar-refractivity contribution in [3.8, 4) is 0 Å². The van der Waals surface area contributed by atoms with Gasteiger partial charge < -0.3 is 0 Å². The lowest BCUT2D eigenvalue weighted by molar-refractivity contribution is -0.118. The molecule has 0 aromatic carbocycles. The smallest absolute Gasteiger partial charge is 0.264 e. The molecule has 0 aromatic heterocycles. The highest BCUT2D eigenvalue weighted by molar-refractivity contribution is 7.85. The van der Waals surface area contributed by atoms with Gasteiger partial charge in [0.2, 0.25) is 0 Å². The molecule has 0 aliphatic rings. The molecule has 0 aliphatic carbocycles. The van der Waals surface area contributed by atoms with Crippen LogP contribution in [0.1, 0.15) is 39.0 Å². The van der Waals surface area contributed by atoms with Gasteiger partial charge >= 0.3 is 0 Å². The molecule has 0 saturated heterocycles. The van der Waals surface area contributed by atoms with E-state index in [4.69, 9.17) is 4.55 Å². The van der Waals surface area contributed by atoms with Crippen molar-refractivity contribution < 1.29 is 17.8 Å². The largest absolute Gasteiger partial charge is 0.300 e. The van der Waals surface area contributed by atoms with Crippen molar-refractivity contribution in [3.05, 3.63) is 0 Å². The van der Waals surface area contributed by atoms with Crippen molar-refractivity contribution in [2.45, 2.75) is 39.0 Å². The maximum Gasteiger partial charge on any atom is 0.264 e. The summed E-state index contributed by atoms with van der Waals surface area (Å²) < 4.78 is 28.9. The van der Waals surface area contributed by atoms with Crippen LogP contribution in [0.4, 0.5) is 0 Å². The first-order chi connectivity index (χ1) is 5.95. The van der Waals surface area contributed by atoms with E-state index in [1.165, 1.54) is 0 Å². The van der Waals surface area contributed by atoms with Gasteiger partial charge in [-0.15, -0.1) is 0 Å². The Morgan fingerprint density at radius 3 is 2.31 bits per heavy atom. The number of unbranched alkanes of at least 4 members (excludes halogenated alkanes) is 2. The maximum absolute atomic E-state index is 10.8. The van der Waals surface area contributed by atoms with Crippen molar-refractivity contribution in [2.24, 2.45) is 0 Å². The molecule has 1 N–H and O–H groups in total. The topological polar surface area (TPSA) is 71.4 Å². The fraction of sp³-hybridized carbons (Fsp3) is 0.875. The Labute approximate surface area is 79.1 Å². The summed E-state index contributed by atoms with van der Waals surface area (Å²) in [4.78, 5) is 10.8. The van der Waals surface area contributed by atoms with E-state index in [2.05, 4.69) is 0 Å². The summed E-state index contributed by atoms with van der Waals surface area (Å²) in [6.07, 6.45) is 2.86. The normalized spacial score (nSPS) is 11.5. The van der Waals surface area contributed by atoms with Crippen LogP contribution in [0.25, 0.3) is 0 Å². The molecule has 5 heteroatoms. The van der Waals surface area contributed by atoms with Gasteiger partial charge in [0.1, 0.15) is 5.78 Å². The van der Waals surface area contributed by atoms with E-state index >= 15 is 0 Å². The number of Topliss-reactive ketones (excluding diaryl/α,β-unsaturated/α-hetero) is 1. The van der Waals surface area contributed by atoms with Crippen LogP contribution in [0.2, 0.25) is 0 Å². The van der Waals surface area contributed by atoms with E-state index in [0.717, 1.165) is 0 Å². The van der Waals surface area contributed by atoms with Gasteiger partial charge in [0.05, 0.1) is 5.75 Å². The third kappa shape index (κ3) is 9.49. The SMILES string of the molecule is CCC(=O)CCCCCS(=O)(=O)O. The summed E-state index contributed by atoms with van der Waals surface area (Å²) in [6, 6.07) is 0. The summed E-state index contributed by atoms with van der Waals surface area (Å²) >= 11 is 0. The Kier molecular flexibility index (Phi) is 5.90. The zero-order valence-electron chi connectivity index (χ0n) is 7.82. The number of rotatable bonds is 7. The molecule has 0 atom stereocenters. The van der Waals surface area contributed by atoms with Crippen LogP contribution in [-0.2, 0) is 14.9 Å². The highest BCUT2D eigenvalue weighted by Crippen LogP contribution is 2.03. The monoisotopic (exact) mass is 208 g/mol. The van der Waals surface area contributed by atoms with E-state index in [1.54, 1.807) is 6.92 Å². The minimum atomic E-state index is -3.82. The molecular weight excluding hydrogens is 192 g/mol. The second kappa shape index (κ2) is 6.10. The standard InChI is InChI=1S/C8H16O4S/c1-2-8(9)6-4-3-5-7-13(10,11)12/h2-7H2,1H3,(H,10,11,12). The van der Waals surface area contributed by atoms with Crippen LogP contribution in [0.15, 0.2) is 0 Å². The predicted molar refractivity (Wildman–Crippen MR) is 50.2 cm³/mol. The number of ketones is 1. The van der Waals surface area contributed by atoms with Gasteiger partial charge in [-0.1, -0.05) is 13.3 Å². The predicted octanol–water partition coefficient (Wildman–Crippen LogP) is 1.41. The third-order valence-corrected chi connectivity index (χ3v) is 2.56. The van der Waals surface area contributed by atoms with Gasteiger partial charge in [0.25, 0.3) is 10.1 Å². The molecule has 0 saturated carbocycles. The van der Waals surface area contributed by atoms with E-state index in [-0.39, 0.29) is 11.5 Å². The lowest BCUT2D eigenvalue weighted by Crippen LogP contribution is -2.03. The van der Waals surface area contributed by atoms with E-state index in [1.807, 2.05) is 0 Å². The molecule has 4 nitrogen and oxygen atoms in total. The molecule has 0 spiro atoms. The van der Waals surface area contributed by atoms with Crippen LogP contribution in [0, 0.1) is 0 Å². The second-order valence-corrected chi connectivity index (χ2v) is 4.56. The highest BCUT2D eigenvalue weighted by atomic mass is 32.2. The molecule has 0 rings (SSSR count). The number of carbonyl (C=O) groups is 1. The van der Waals surface area contributed by atoms with Crippen molar-refractivity contribution in [2.75, 3.05) is 5.75 Å². The quantitative estimate of drug-likeness (QED) is 0.507. The van der Waals surface area contributed by atoms with Crippen molar-refractivity contribution in [1.29, 1.82) is 0 Å². The first-order valence-corrected chi connectivity index (χ1v) is 6.03. The fourth-order valence-electron chi connectivity index (χ4n) is 0.960. The molecule has 0 bridgehead atoms. The highest BCUT2D eigenvalue weighted by Gasteiger charge is 2.03. The Bertz CT molecular complexity index is 243. The Balaban J connectivity index is 3.33. The van der Waals surface area contributed by atoms with Crippen LogP contribution < -0.4 is 0 Å². The number of hydrogen-bond acceptors (Lipinski definition) is 3. The maximum atomic E-state index is 10.8. The van der Waals surface area contributed by atoms with E-state index in [9.17, 15) is 13.2 Å². The van der Waals surface area contributed by atoms with Crippen LogP contribution in [0.3, 0.4) is 0 Å². The molecule has 78 valence electrons. The summed E-state index contributed by atoms with van der Waals surface area (Å²) in [5.41, 5.74) is 0. The minimum Gasteiger partial charge on any atom is -0.300 e. The summed E-state index contributed by atoms with van der Waals surface area (Å²) in [6.45, 7) is 1.81. The number of carbonyl (C=O) groups excluding carboxylic acids is 1. The van der Waals surface area contributed by atoms with E-state index in [0.29, 0.717) is 32.1 Å². The first-order valence-electron chi connectivity index (χ1n) is 4.42. The first kappa shape index (κ1) is 12.6. The summed E-state index contributed by atoms with van der Waals surface area (Å²) in [5.74, 6) is -0.000284. The molecule has 0 radical (unpaired) electrons. The van der Waals surface area contributed by atoms with Crippen molar-refractivity contribution in [3.63, 3.8) is 0 Å². The lowest BCUT2D eigenvalue weighted by Gasteiger charge is -1.98. The van der Waals surface area contributed by atoms with E-state index < -0.39 is 10.1 Å². The van der Waals surface area contributed by atoms with Crippen molar-refractivity contribution in [1.82, 2.24) is 0 Å². The Morgan fingerprint density at radius 2 is 1.85 bits per heavy atom. The lowest BCUT2D eigenvalue weighted by atomic mass is 10.1. The third-order valence-electron chi connectivity index (χ3n) is 1.75. The molecule has 0 heterocycles. The van der Waals surface area contributed by atoms with Crippen LogP contribution in [-0.4, -0.2) is 24.5 Å². The summed E-state index contributed by atoms with van der Waals surface area (Å²) in [5, 5.41) is 0. The second-order valence-electron chi connectivity index (χ2n) is 2.99. The number of hydrogen-bond donors (Lipinski definition) is 1. The fourth-order valence-corrected chi connectivity index (χ4v) is 1.53. The van der Waals surface area contributed by atoms with Gasteiger partial charge in [-0.25, -0.2) is 0 Å². The minimum absolute atomic E-state index is 0.201. The molecule has 0 aromatic rings. The molecule has 13 heavy (non-hydrogen) atoms. The van der Waals surface area contributed by atoms with Crippen molar-refractivity contribution >= 4 is 15.9 Å². The average molecular weight is 208 g/mol. The molecule has 0 amide bonds. The molecule has 0 unspecified atom stereocenters. The zero-order chi connectivity index (χ0) is 10.3. The summed E-state index contributed by atoms with van der Waals surface area (Å²) in [7, 11) is -3.82. The van der Waals surface area contributed by atoms with Gasteiger partial charge in [-0.2, -0.15) is 8.42 Å². The molecule has 0 aliphatic heterocycles. The van der Waals surface area contributed by atoms with Gasteiger partial charge in [-0.05, 0) is 12.8 Å². The van der Waals surface area contributed by atoms with Crippen LogP contribution in [0.5, 0.6) is 0 Å². The Morgan fingerprint density at radius 1 is 1.23 bits per heavy atom. The van der Waals surface area contributed by atoms with Crippen LogP contribution >= 0.6 is 0 Å². The molecule has 0 fully saturated rings. The average Bonchev–Trinajstić information content (AvgIpc) is 2.01. The van der Waals surface area contributed by atoms with Gasteiger partial charge in [-0.3, -0.25) is 9.35 Å². The van der Waals surface area contributed by atoms with Gasteiger partial charge in [0.15, 0.2) is 0 Å². The molecular formula is C8H16O4S. The Hall–Kier alpha value is -0.420.